The molecule has 0 rings (SSSR count). The minimum absolute atomic E-state index is 0.0677. The van der Waals surface area contributed by atoms with Gasteiger partial charge in [0.2, 0.25) is 11.8 Å². The molecule has 142 valence electrons. The number of nitrogens with two attached hydrogens (primary N) is 1. The average Bonchev–Trinajstić information content (AvgIpc) is 2.48. The number of amides is 2. The summed E-state index contributed by atoms with van der Waals surface area (Å²) in [6, 6.07) is -1.29. The molecular formula is C15H31N3O5S. The average molecular weight is 365 g/mol. The Kier molecular flexibility index (Phi) is 11.6. The van der Waals surface area contributed by atoms with Crippen LogP contribution in [0, 0.1) is 5.92 Å². The number of hydrogen-bond acceptors (Lipinski definition) is 5. The highest BCUT2D eigenvalue weighted by molar-refractivity contribution is 7.85. The van der Waals surface area contributed by atoms with Crippen molar-refractivity contribution in [2.75, 3.05) is 18.8 Å². The number of nitrogens with one attached hydrogen (secondary N) is 2. The van der Waals surface area contributed by atoms with Crippen molar-refractivity contribution in [2.45, 2.75) is 58.4 Å². The maximum Gasteiger partial charge on any atom is 0.266 e. The minimum atomic E-state index is -4.27. The van der Waals surface area contributed by atoms with Gasteiger partial charge in [-0.15, -0.1) is 0 Å². The molecule has 0 unspecified atom stereocenters. The van der Waals surface area contributed by atoms with Gasteiger partial charge in [-0.25, -0.2) is 0 Å². The molecule has 0 spiro atoms. The first-order chi connectivity index (χ1) is 11.2. The lowest BCUT2D eigenvalue weighted by Crippen LogP contribution is -2.45. The minimum Gasteiger partial charge on any atom is -0.356 e. The molecule has 1 atom stereocenters. The highest BCUT2D eigenvalue weighted by Gasteiger charge is 2.19. The van der Waals surface area contributed by atoms with Crippen LogP contribution in [0.1, 0.15) is 52.4 Å². The maximum atomic E-state index is 12.0. The first-order valence-corrected chi connectivity index (χ1v) is 10.1. The van der Waals surface area contributed by atoms with Crippen LogP contribution < -0.4 is 16.4 Å². The Hall–Kier alpha value is -1.19. The van der Waals surface area contributed by atoms with Crippen molar-refractivity contribution in [1.29, 1.82) is 0 Å². The standard InChI is InChI=1S/C15H31N3O5S/c1-3-7-12(8-4-2)14(19)17-9-5-6-10-18-15(20)13(16)11-24(21,22)23/h12-13H,3-11,16H2,1-2H3,(H,17,19)(H,18,20)(H,21,22,23)/t13-/m0/s1. The number of carbonyl (C=O) groups excluding carboxylic acids is 2. The number of rotatable bonds is 13. The predicted octanol–water partition coefficient (Wildman–Crippen LogP) is 0.431. The monoisotopic (exact) mass is 365 g/mol. The summed E-state index contributed by atoms with van der Waals surface area (Å²) >= 11 is 0. The Morgan fingerprint density at radius 1 is 1.00 bits per heavy atom. The molecule has 0 saturated carbocycles. The fourth-order valence-electron chi connectivity index (χ4n) is 2.35. The van der Waals surface area contributed by atoms with E-state index in [-0.39, 0.29) is 11.8 Å². The van der Waals surface area contributed by atoms with Crippen molar-refractivity contribution in [2.24, 2.45) is 11.7 Å². The third kappa shape index (κ3) is 11.4. The van der Waals surface area contributed by atoms with Crippen LogP contribution in [0.3, 0.4) is 0 Å². The largest absolute Gasteiger partial charge is 0.356 e. The van der Waals surface area contributed by atoms with E-state index in [4.69, 9.17) is 10.3 Å². The molecule has 0 radical (unpaired) electrons. The zero-order valence-electron chi connectivity index (χ0n) is 14.6. The van der Waals surface area contributed by atoms with Gasteiger partial charge in [0.1, 0.15) is 6.04 Å². The van der Waals surface area contributed by atoms with Crippen LogP contribution in [-0.4, -0.2) is 49.7 Å². The van der Waals surface area contributed by atoms with Crippen LogP contribution in [0.5, 0.6) is 0 Å². The van der Waals surface area contributed by atoms with E-state index in [1.807, 2.05) is 0 Å². The van der Waals surface area contributed by atoms with E-state index in [9.17, 15) is 18.0 Å². The zero-order valence-corrected chi connectivity index (χ0v) is 15.4. The predicted molar refractivity (Wildman–Crippen MR) is 93.0 cm³/mol. The van der Waals surface area contributed by atoms with Crippen molar-refractivity contribution in [3.63, 3.8) is 0 Å². The van der Waals surface area contributed by atoms with Crippen LogP contribution in [0.4, 0.5) is 0 Å². The Labute approximate surface area is 144 Å². The van der Waals surface area contributed by atoms with Gasteiger partial charge >= 0.3 is 0 Å². The lowest BCUT2D eigenvalue weighted by Gasteiger charge is -2.15. The number of carbonyl (C=O) groups is 2. The smallest absolute Gasteiger partial charge is 0.266 e. The second-order valence-corrected chi connectivity index (χ2v) is 7.42. The highest BCUT2D eigenvalue weighted by Crippen LogP contribution is 2.13. The van der Waals surface area contributed by atoms with Gasteiger partial charge in [-0.1, -0.05) is 26.7 Å². The molecule has 0 aromatic heterocycles. The molecule has 5 N–H and O–H groups in total. The summed E-state index contributed by atoms with van der Waals surface area (Å²) in [5.74, 6) is -1.27. The normalized spacial score (nSPS) is 12.9. The van der Waals surface area contributed by atoms with Crippen LogP contribution >= 0.6 is 0 Å². The van der Waals surface area contributed by atoms with Gasteiger partial charge in [0.05, 0.1) is 5.75 Å². The maximum absolute atomic E-state index is 12.0. The topological polar surface area (TPSA) is 139 Å². The van der Waals surface area contributed by atoms with Crippen molar-refractivity contribution in [1.82, 2.24) is 10.6 Å². The highest BCUT2D eigenvalue weighted by atomic mass is 32.2. The molecule has 0 aromatic carbocycles. The summed E-state index contributed by atoms with van der Waals surface area (Å²) in [4.78, 5) is 23.5. The summed E-state index contributed by atoms with van der Waals surface area (Å²) in [7, 11) is -4.27. The fraction of sp³-hybridized carbons (Fsp3) is 0.867. The Balaban J connectivity index is 3.86. The molecule has 0 saturated heterocycles. The summed E-state index contributed by atoms with van der Waals surface area (Å²) in [5.41, 5.74) is 5.37. The molecule has 0 aromatic rings. The third-order valence-electron chi connectivity index (χ3n) is 3.57. The van der Waals surface area contributed by atoms with E-state index in [0.29, 0.717) is 25.9 Å². The van der Waals surface area contributed by atoms with Gasteiger partial charge in [-0.2, -0.15) is 8.42 Å². The summed E-state index contributed by atoms with van der Waals surface area (Å²) in [6.45, 7) is 4.99. The number of unbranched alkanes of at least 4 members (excludes halogenated alkanes) is 1. The molecule has 0 bridgehead atoms. The molecule has 0 fully saturated rings. The summed E-state index contributed by atoms with van der Waals surface area (Å²) in [6.07, 6.45) is 5.08. The van der Waals surface area contributed by atoms with Crippen LogP contribution in [-0.2, 0) is 19.7 Å². The van der Waals surface area contributed by atoms with Gasteiger partial charge in [0.25, 0.3) is 10.1 Å². The van der Waals surface area contributed by atoms with Gasteiger partial charge < -0.3 is 16.4 Å². The molecule has 24 heavy (non-hydrogen) atoms. The van der Waals surface area contributed by atoms with Crippen molar-refractivity contribution < 1.29 is 22.6 Å². The summed E-state index contributed by atoms with van der Waals surface area (Å²) < 4.78 is 29.9. The van der Waals surface area contributed by atoms with Crippen molar-refractivity contribution in [3.05, 3.63) is 0 Å². The quantitative estimate of drug-likeness (QED) is 0.276. The van der Waals surface area contributed by atoms with Crippen LogP contribution in [0.2, 0.25) is 0 Å². The van der Waals surface area contributed by atoms with Gasteiger partial charge in [-0.3, -0.25) is 14.1 Å². The van der Waals surface area contributed by atoms with E-state index in [1.165, 1.54) is 0 Å². The van der Waals surface area contributed by atoms with Crippen LogP contribution in [0.25, 0.3) is 0 Å². The Bertz CT molecular complexity index is 476. The Morgan fingerprint density at radius 2 is 1.46 bits per heavy atom. The molecule has 2 amide bonds. The second kappa shape index (κ2) is 12.2. The second-order valence-electron chi connectivity index (χ2n) is 5.92. The lowest BCUT2D eigenvalue weighted by atomic mass is 9.97. The van der Waals surface area contributed by atoms with Crippen molar-refractivity contribution >= 4 is 21.9 Å². The molecule has 0 aliphatic rings. The lowest BCUT2D eigenvalue weighted by molar-refractivity contribution is -0.125. The molecule has 0 aliphatic carbocycles. The van der Waals surface area contributed by atoms with Gasteiger partial charge in [0, 0.05) is 19.0 Å². The third-order valence-corrected chi connectivity index (χ3v) is 4.35. The summed E-state index contributed by atoms with van der Waals surface area (Å²) in [5, 5.41) is 5.41. The SMILES string of the molecule is CCCC(CCC)C(=O)NCCCCNC(=O)[C@@H](N)CS(=O)(=O)O. The molecular weight excluding hydrogens is 334 g/mol. The molecule has 0 aliphatic heterocycles. The number of hydrogen-bond donors (Lipinski definition) is 4. The van der Waals surface area contributed by atoms with E-state index < -0.39 is 27.8 Å². The Morgan fingerprint density at radius 3 is 1.88 bits per heavy atom. The van der Waals surface area contributed by atoms with Crippen molar-refractivity contribution in [3.8, 4) is 0 Å². The van der Waals surface area contributed by atoms with Gasteiger partial charge in [0.15, 0.2) is 0 Å². The van der Waals surface area contributed by atoms with E-state index >= 15 is 0 Å². The molecule has 8 nitrogen and oxygen atoms in total. The van der Waals surface area contributed by atoms with E-state index in [2.05, 4.69) is 24.5 Å². The fourth-order valence-corrected chi connectivity index (χ4v) is 2.96. The van der Waals surface area contributed by atoms with Crippen LogP contribution in [0.15, 0.2) is 0 Å². The van der Waals surface area contributed by atoms with E-state index in [1.54, 1.807) is 0 Å². The first kappa shape index (κ1) is 22.8. The van der Waals surface area contributed by atoms with E-state index in [0.717, 1.165) is 25.7 Å². The first-order valence-electron chi connectivity index (χ1n) is 8.47. The molecule has 0 heterocycles. The van der Waals surface area contributed by atoms with Gasteiger partial charge in [-0.05, 0) is 25.7 Å². The molecule has 9 heteroatoms. The zero-order chi connectivity index (χ0) is 18.6.